The number of carbonyl (C=O) groups is 1. The monoisotopic (exact) mass is 341 g/mol. The lowest BCUT2D eigenvalue weighted by atomic mass is 10.2. The predicted molar refractivity (Wildman–Crippen MR) is 95.3 cm³/mol. The van der Waals surface area contributed by atoms with Gasteiger partial charge in [-0.25, -0.2) is 9.97 Å². The van der Waals surface area contributed by atoms with Gasteiger partial charge in [0.25, 0.3) is 0 Å². The maximum absolute atomic E-state index is 11.9. The first kappa shape index (κ1) is 15.6. The van der Waals surface area contributed by atoms with Crippen LogP contribution >= 0.6 is 22.7 Å². The second kappa shape index (κ2) is 7.30. The molecule has 23 heavy (non-hydrogen) atoms. The van der Waals surface area contributed by atoms with Crippen LogP contribution in [0.4, 0.5) is 0 Å². The molecule has 0 unspecified atom stereocenters. The summed E-state index contributed by atoms with van der Waals surface area (Å²) in [7, 11) is 0. The Morgan fingerprint density at radius 3 is 2.87 bits per heavy atom. The van der Waals surface area contributed by atoms with Gasteiger partial charge < -0.3 is 5.32 Å². The van der Waals surface area contributed by atoms with Gasteiger partial charge in [-0.15, -0.1) is 22.7 Å². The van der Waals surface area contributed by atoms with Crippen LogP contribution in [0.1, 0.15) is 16.3 Å². The van der Waals surface area contributed by atoms with Crippen LogP contribution in [0.3, 0.4) is 0 Å². The summed E-state index contributed by atoms with van der Waals surface area (Å²) in [6.07, 6.45) is 3.21. The lowest BCUT2D eigenvalue weighted by molar-refractivity contribution is -0.116. The van der Waals surface area contributed by atoms with Gasteiger partial charge in [0.05, 0.1) is 23.4 Å². The molecule has 4 nitrogen and oxygen atoms in total. The molecule has 1 amide bonds. The molecule has 0 aliphatic carbocycles. The van der Waals surface area contributed by atoms with Crippen molar-refractivity contribution in [3.8, 4) is 10.6 Å². The summed E-state index contributed by atoms with van der Waals surface area (Å²) in [4.78, 5) is 21.6. The van der Waals surface area contributed by atoms with E-state index < -0.39 is 0 Å². The Morgan fingerprint density at radius 1 is 1.30 bits per heavy atom. The molecule has 0 aliphatic heterocycles. The van der Waals surface area contributed by atoms with Crippen LogP contribution in [0.15, 0.2) is 47.3 Å². The summed E-state index contributed by atoms with van der Waals surface area (Å²) in [5.41, 5.74) is 4.59. The van der Waals surface area contributed by atoms with Crippen LogP contribution in [-0.2, 0) is 11.3 Å². The average molecular weight is 341 g/mol. The molecule has 0 saturated heterocycles. The molecule has 0 bridgehead atoms. The summed E-state index contributed by atoms with van der Waals surface area (Å²) in [5.74, 6) is -0.132. The number of nitrogens with one attached hydrogen (secondary N) is 1. The number of benzene rings is 1. The Balaban J connectivity index is 1.62. The van der Waals surface area contributed by atoms with Gasteiger partial charge in [-0.3, -0.25) is 4.79 Å². The largest absolute Gasteiger partial charge is 0.348 e. The van der Waals surface area contributed by atoms with Gasteiger partial charge in [0.15, 0.2) is 0 Å². The van der Waals surface area contributed by atoms with E-state index in [0.717, 1.165) is 26.8 Å². The lowest BCUT2D eigenvalue weighted by Gasteiger charge is -1.99. The van der Waals surface area contributed by atoms with Crippen LogP contribution in [0.5, 0.6) is 0 Å². The van der Waals surface area contributed by atoms with Crippen LogP contribution in [-0.4, -0.2) is 15.9 Å². The van der Waals surface area contributed by atoms with E-state index in [4.69, 9.17) is 0 Å². The second-order valence-electron chi connectivity index (χ2n) is 4.86. The first-order valence-electron chi connectivity index (χ1n) is 7.08. The fourth-order valence-corrected chi connectivity index (χ4v) is 3.52. The zero-order valence-corrected chi connectivity index (χ0v) is 14.2. The van der Waals surface area contributed by atoms with E-state index in [2.05, 4.69) is 15.3 Å². The van der Waals surface area contributed by atoms with E-state index in [9.17, 15) is 4.79 Å². The molecule has 0 saturated carbocycles. The molecule has 2 heterocycles. The smallest absolute Gasteiger partial charge is 0.244 e. The van der Waals surface area contributed by atoms with Gasteiger partial charge in [-0.2, -0.15) is 0 Å². The highest BCUT2D eigenvalue weighted by Crippen LogP contribution is 2.27. The quantitative estimate of drug-likeness (QED) is 0.716. The lowest BCUT2D eigenvalue weighted by Crippen LogP contribution is -2.20. The van der Waals surface area contributed by atoms with Gasteiger partial charge in [0.2, 0.25) is 5.91 Å². The Labute approximate surface area is 142 Å². The molecular formula is C17H15N3OS2. The van der Waals surface area contributed by atoms with E-state index >= 15 is 0 Å². The normalized spacial score (nSPS) is 11.0. The van der Waals surface area contributed by atoms with E-state index in [-0.39, 0.29) is 5.91 Å². The molecule has 0 aliphatic rings. The van der Waals surface area contributed by atoms with Crippen molar-refractivity contribution in [2.75, 3.05) is 0 Å². The molecule has 2 aromatic heterocycles. The maximum Gasteiger partial charge on any atom is 0.244 e. The van der Waals surface area contributed by atoms with Crippen molar-refractivity contribution >= 4 is 34.7 Å². The van der Waals surface area contributed by atoms with Crippen molar-refractivity contribution in [2.45, 2.75) is 13.5 Å². The van der Waals surface area contributed by atoms with Crippen LogP contribution in [0, 0.1) is 6.92 Å². The summed E-state index contributed by atoms with van der Waals surface area (Å²) in [6.45, 7) is 2.45. The minimum atomic E-state index is -0.132. The fraction of sp³-hybridized carbons (Fsp3) is 0.118. The summed E-state index contributed by atoms with van der Waals surface area (Å²) in [6, 6.07) is 10.1. The number of amides is 1. The summed E-state index contributed by atoms with van der Waals surface area (Å²) in [5, 5.41) is 5.76. The zero-order chi connectivity index (χ0) is 16.1. The molecule has 3 rings (SSSR count). The van der Waals surface area contributed by atoms with Crippen molar-refractivity contribution < 1.29 is 4.79 Å². The maximum atomic E-state index is 11.9. The number of hydrogen-bond donors (Lipinski definition) is 1. The van der Waals surface area contributed by atoms with Gasteiger partial charge in [-0.1, -0.05) is 30.3 Å². The predicted octanol–water partition coefficient (Wildman–Crippen LogP) is 3.90. The first-order chi connectivity index (χ1) is 11.2. The fourth-order valence-electron chi connectivity index (χ4n) is 1.99. The first-order valence-corrected chi connectivity index (χ1v) is 8.84. The Kier molecular flexibility index (Phi) is 4.95. The van der Waals surface area contributed by atoms with Crippen molar-refractivity contribution in [3.63, 3.8) is 0 Å². The zero-order valence-electron chi connectivity index (χ0n) is 12.5. The van der Waals surface area contributed by atoms with E-state index in [0.29, 0.717) is 6.54 Å². The van der Waals surface area contributed by atoms with Crippen LogP contribution < -0.4 is 5.32 Å². The van der Waals surface area contributed by atoms with E-state index in [1.165, 1.54) is 17.4 Å². The summed E-state index contributed by atoms with van der Waals surface area (Å²) >= 11 is 3.11. The van der Waals surface area contributed by atoms with Gasteiger partial charge in [0, 0.05) is 21.9 Å². The topological polar surface area (TPSA) is 54.9 Å². The molecule has 0 radical (unpaired) electrons. The number of rotatable bonds is 5. The number of hydrogen-bond acceptors (Lipinski definition) is 5. The molecule has 1 aromatic carbocycles. The number of thiazole rings is 2. The molecule has 116 valence electrons. The Hall–Kier alpha value is -2.31. The third-order valence-electron chi connectivity index (χ3n) is 3.19. The molecule has 0 spiro atoms. The minimum absolute atomic E-state index is 0.132. The Bertz CT molecular complexity index is 808. The number of carbonyl (C=O) groups excluding carboxylic acids is 1. The SMILES string of the molecule is Cc1nc(-c2ccccc2)sc1CNC(=O)/C=C\c1cscn1. The van der Waals surface area contributed by atoms with Crippen LogP contribution in [0.2, 0.25) is 0 Å². The highest BCUT2D eigenvalue weighted by atomic mass is 32.1. The van der Waals surface area contributed by atoms with Crippen LogP contribution in [0.25, 0.3) is 16.6 Å². The second-order valence-corrected chi connectivity index (χ2v) is 6.66. The molecule has 0 fully saturated rings. The highest BCUT2D eigenvalue weighted by Gasteiger charge is 2.09. The van der Waals surface area contributed by atoms with Crippen molar-refractivity contribution in [1.29, 1.82) is 0 Å². The van der Waals surface area contributed by atoms with Gasteiger partial charge >= 0.3 is 0 Å². The molecule has 0 atom stereocenters. The van der Waals surface area contributed by atoms with Crippen molar-refractivity contribution in [3.05, 3.63) is 63.6 Å². The number of aromatic nitrogens is 2. The summed E-state index contributed by atoms with van der Waals surface area (Å²) < 4.78 is 0. The average Bonchev–Trinajstić information content (AvgIpc) is 3.21. The van der Waals surface area contributed by atoms with E-state index in [1.54, 1.807) is 22.9 Å². The molecule has 3 aromatic rings. The third-order valence-corrected chi connectivity index (χ3v) is 5.00. The molecular weight excluding hydrogens is 326 g/mol. The molecule has 1 N–H and O–H groups in total. The van der Waals surface area contributed by atoms with Gasteiger partial charge in [-0.05, 0) is 13.0 Å². The highest BCUT2D eigenvalue weighted by molar-refractivity contribution is 7.15. The van der Waals surface area contributed by atoms with Crippen molar-refractivity contribution in [1.82, 2.24) is 15.3 Å². The van der Waals surface area contributed by atoms with Gasteiger partial charge in [0.1, 0.15) is 5.01 Å². The molecule has 6 heteroatoms. The number of aryl methyl sites for hydroxylation is 1. The third kappa shape index (κ3) is 4.12. The Morgan fingerprint density at radius 2 is 2.13 bits per heavy atom. The standard InChI is InChI=1S/C17H15N3OS2/c1-12-15(23-17(20-12)13-5-3-2-4-6-13)9-18-16(21)8-7-14-10-22-11-19-14/h2-8,10-11H,9H2,1H3,(H,18,21)/b8-7-. The van der Waals surface area contributed by atoms with Crippen molar-refractivity contribution in [2.24, 2.45) is 0 Å². The van der Waals surface area contributed by atoms with E-state index in [1.807, 2.05) is 42.6 Å². The number of nitrogens with zero attached hydrogens (tertiary/aromatic N) is 2. The minimum Gasteiger partial charge on any atom is -0.348 e.